The number of hydrogen-bond donors (Lipinski definition) is 2. The summed E-state index contributed by atoms with van der Waals surface area (Å²) < 4.78 is 56.5. The Morgan fingerprint density at radius 2 is 1.94 bits per heavy atom. The molecule has 0 spiro atoms. The molecule has 0 aromatic heterocycles. The number of methoxy groups -OCH3 is 2. The Hall–Kier alpha value is -2.98. The SMILES string of the molecule is COc1cccc(C2OC(CC(=O)O)C(=O)Nc3cc(C(F)(F)F)c(Cl)cc32)c1OC. The van der Waals surface area contributed by atoms with Crippen molar-refractivity contribution >= 4 is 29.2 Å². The summed E-state index contributed by atoms with van der Waals surface area (Å²) >= 11 is 5.90. The highest BCUT2D eigenvalue weighted by atomic mass is 35.5. The lowest BCUT2D eigenvalue weighted by Crippen LogP contribution is -2.31. The molecule has 2 aromatic carbocycles. The number of rotatable bonds is 5. The third-order valence-corrected chi connectivity index (χ3v) is 4.97. The van der Waals surface area contributed by atoms with E-state index in [0.717, 1.165) is 6.07 Å². The molecule has 166 valence electrons. The number of carboxylic acid groups (broad SMARTS) is 1. The lowest BCUT2D eigenvalue weighted by Gasteiger charge is -2.24. The Labute approximate surface area is 179 Å². The highest BCUT2D eigenvalue weighted by Crippen LogP contribution is 2.46. The fourth-order valence-corrected chi connectivity index (χ4v) is 3.58. The molecule has 0 saturated carbocycles. The zero-order valence-electron chi connectivity index (χ0n) is 16.2. The van der Waals surface area contributed by atoms with E-state index in [1.54, 1.807) is 18.2 Å². The third kappa shape index (κ3) is 4.54. The van der Waals surface area contributed by atoms with Crippen molar-refractivity contribution in [2.24, 2.45) is 0 Å². The van der Waals surface area contributed by atoms with Crippen molar-refractivity contribution in [3.63, 3.8) is 0 Å². The number of amides is 1. The summed E-state index contributed by atoms with van der Waals surface area (Å²) in [6, 6.07) is 6.49. The molecule has 0 aliphatic carbocycles. The van der Waals surface area contributed by atoms with Crippen LogP contribution in [0.4, 0.5) is 18.9 Å². The molecule has 3 rings (SSSR count). The van der Waals surface area contributed by atoms with E-state index in [2.05, 4.69) is 5.32 Å². The Morgan fingerprint density at radius 1 is 1.23 bits per heavy atom. The standard InChI is InChI=1S/C20H17ClF3NO6/c1-29-14-5-3-4-9(18(14)30-2)17-10-6-12(21)11(20(22,23)24)7-13(10)25-19(28)15(31-17)8-16(26)27/h3-7,15,17H,8H2,1-2H3,(H,25,28)(H,26,27). The van der Waals surface area contributed by atoms with E-state index in [0.29, 0.717) is 17.4 Å². The van der Waals surface area contributed by atoms with Gasteiger partial charge in [-0.25, -0.2) is 0 Å². The zero-order valence-corrected chi connectivity index (χ0v) is 17.0. The number of halogens is 4. The number of benzene rings is 2. The van der Waals surface area contributed by atoms with Crippen molar-refractivity contribution in [3.05, 3.63) is 52.0 Å². The molecule has 2 aromatic rings. The van der Waals surface area contributed by atoms with Crippen LogP contribution in [0.5, 0.6) is 11.5 Å². The number of carbonyl (C=O) groups excluding carboxylic acids is 1. The van der Waals surface area contributed by atoms with Crippen LogP contribution in [0, 0.1) is 0 Å². The molecule has 0 saturated heterocycles. The number of fused-ring (bicyclic) bond motifs is 1. The van der Waals surface area contributed by atoms with Gasteiger partial charge in [-0.1, -0.05) is 23.7 Å². The zero-order chi connectivity index (χ0) is 22.9. The molecule has 31 heavy (non-hydrogen) atoms. The van der Waals surface area contributed by atoms with E-state index < -0.39 is 47.3 Å². The maximum absolute atomic E-state index is 13.4. The van der Waals surface area contributed by atoms with Crippen molar-refractivity contribution in [1.82, 2.24) is 0 Å². The van der Waals surface area contributed by atoms with Crippen molar-refractivity contribution in [1.29, 1.82) is 0 Å². The maximum Gasteiger partial charge on any atom is 0.417 e. The van der Waals surface area contributed by atoms with Crippen molar-refractivity contribution < 1.29 is 42.1 Å². The van der Waals surface area contributed by atoms with Crippen LogP contribution >= 0.6 is 11.6 Å². The average molecular weight is 460 g/mol. The third-order valence-electron chi connectivity index (χ3n) is 4.65. The number of carbonyl (C=O) groups is 2. The Morgan fingerprint density at radius 3 is 2.52 bits per heavy atom. The Balaban J connectivity index is 2.25. The number of aliphatic carboxylic acids is 1. The van der Waals surface area contributed by atoms with Gasteiger partial charge in [-0.05, 0) is 18.2 Å². The van der Waals surface area contributed by atoms with Crippen molar-refractivity contribution in [2.45, 2.75) is 24.8 Å². The topological polar surface area (TPSA) is 94.1 Å². The molecule has 0 bridgehead atoms. The van der Waals surface area contributed by atoms with Gasteiger partial charge in [0.1, 0.15) is 12.2 Å². The molecule has 2 unspecified atom stereocenters. The van der Waals surface area contributed by atoms with E-state index in [4.69, 9.17) is 30.9 Å². The number of ether oxygens (including phenoxy) is 3. The summed E-state index contributed by atoms with van der Waals surface area (Å²) in [5.74, 6) is -1.71. The van der Waals surface area contributed by atoms with Gasteiger partial charge in [-0.3, -0.25) is 9.59 Å². The number of anilines is 1. The van der Waals surface area contributed by atoms with Crippen molar-refractivity contribution in [2.75, 3.05) is 19.5 Å². The monoisotopic (exact) mass is 459 g/mol. The minimum Gasteiger partial charge on any atom is -0.493 e. The van der Waals surface area contributed by atoms with Crippen LogP contribution in [-0.2, 0) is 20.5 Å². The van der Waals surface area contributed by atoms with Gasteiger partial charge in [-0.2, -0.15) is 13.2 Å². The van der Waals surface area contributed by atoms with Gasteiger partial charge in [-0.15, -0.1) is 0 Å². The first kappa shape index (κ1) is 22.7. The number of para-hydroxylation sites is 1. The largest absolute Gasteiger partial charge is 0.493 e. The predicted molar refractivity (Wildman–Crippen MR) is 104 cm³/mol. The highest BCUT2D eigenvalue weighted by Gasteiger charge is 2.39. The molecular formula is C20H17ClF3NO6. The molecule has 1 aliphatic rings. The van der Waals surface area contributed by atoms with Gasteiger partial charge in [0, 0.05) is 16.8 Å². The van der Waals surface area contributed by atoms with Crippen molar-refractivity contribution in [3.8, 4) is 11.5 Å². The number of carboxylic acids is 1. The van der Waals surface area contributed by atoms with Crippen LogP contribution in [0.25, 0.3) is 0 Å². The lowest BCUT2D eigenvalue weighted by atomic mass is 9.96. The van der Waals surface area contributed by atoms with Crippen LogP contribution < -0.4 is 14.8 Å². The summed E-state index contributed by atoms with van der Waals surface area (Å²) in [6.45, 7) is 0. The van der Waals surface area contributed by atoms with Crippen LogP contribution in [0.15, 0.2) is 30.3 Å². The van der Waals surface area contributed by atoms with E-state index in [1.807, 2.05) is 0 Å². The molecule has 2 atom stereocenters. The maximum atomic E-state index is 13.4. The molecule has 1 heterocycles. The van der Waals surface area contributed by atoms with E-state index in [1.165, 1.54) is 14.2 Å². The summed E-state index contributed by atoms with van der Waals surface area (Å²) in [4.78, 5) is 23.8. The summed E-state index contributed by atoms with van der Waals surface area (Å²) in [6.07, 6.45) is -8.14. The molecule has 2 N–H and O–H groups in total. The van der Waals surface area contributed by atoms with Gasteiger partial charge < -0.3 is 24.6 Å². The Kier molecular flexibility index (Phi) is 6.33. The second-order valence-corrected chi connectivity index (χ2v) is 7.00. The van der Waals surface area contributed by atoms with Gasteiger partial charge >= 0.3 is 12.1 Å². The molecule has 1 amide bonds. The highest BCUT2D eigenvalue weighted by molar-refractivity contribution is 6.31. The summed E-state index contributed by atoms with van der Waals surface area (Å²) in [7, 11) is 2.76. The number of nitrogens with one attached hydrogen (secondary N) is 1. The molecule has 0 radical (unpaired) electrons. The average Bonchev–Trinajstić information content (AvgIpc) is 2.82. The first-order chi connectivity index (χ1) is 14.6. The van der Waals surface area contributed by atoms with Gasteiger partial charge in [0.05, 0.1) is 31.2 Å². The lowest BCUT2D eigenvalue weighted by molar-refractivity contribution is -0.146. The van der Waals surface area contributed by atoms with Crippen LogP contribution in [0.2, 0.25) is 5.02 Å². The van der Waals surface area contributed by atoms with Crippen LogP contribution in [0.3, 0.4) is 0 Å². The fraction of sp³-hybridized carbons (Fsp3) is 0.300. The van der Waals surface area contributed by atoms with E-state index >= 15 is 0 Å². The minimum absolute atomic E-state index is 0.103. The van der Waals surface area contributed by atoms with Gasteiger partial charge in [0.25, 0.3) is 5.91 Å². The quantitative estimate of drug-likeness (QED) is 0.693. The van der Waals surface area contributed by atoms with E-state index in [9.17, 15) is 22.8 Å². The smallest absolute Gasteiger partial charge is 0.417 e. The molecular weight excluding hydrogens is 443 g/mol. The second-order valence-electron chi connectivity index (χ2n) is 6.59. The van der Waals surface area contributed by atoms with Crippen LogP contribution in [-0.4, -0.2) is 37.3 Å². The number of alkyl halides is 3. The van der Waals surface area contributed by atoms with Crippen LogP contribution in [0.1, 0.15) is 29.2 Å². The Bertz CT molecular complexity index is 1030. The predicted octanol–water partition coefficient (Wildman–Crippen LogP) is 4.28. The molecule has 7 nitrogen and oxygen atoms in total. The molecule has 0 fully saturated rings. The number of hydrogen-bond acceptors (Lipinski definition) is 5. The van der Waals surface area contributed by atoms with Gasteiger partial charge in [0.15, 0.2) is 11.5 Å². The first-order valence-electron chi connectivity index (χ1n) is 8.86. The van der Waals surface area contributed by atoms with E-state index in [-0.39, 0.29) is 17.0 Å². The summed E-state index contributed by atoms with van der Waals surface area (Å²) in [5.41, 5.74) is -0.942. The normalized spacial score (nSPS) is 18.6. The second kappa shape index (κ2) is 8.64. The first-order valence-corrected chi connectivity index (χ1v) is 9.24. The summed E-state index contributed by atoms with van der Waals surface area (Å²) in [5, 5.41) is 10.9. The van der Waals surface area contributed by atoms with Gasteiger partial charge in [0.2, 0.25) is 0 Å². The molecule has 1 aliphatic heterocycles. The fourth-order valence-electron chi connectivity index (χ4n) is 3.30. The molecule has 11 heteroatoms. The minimum atomic E-state index is -4.77.